The molecule has 0 aliphatic rings. The Morgan fingerprint density at radius 1 is 1.40 bits per heavy atom. The van der Waals surface area contributed by atoms with Crippen molar-refractivity contribution in [3.63, 3.8) is 0 Å². The van der Waals surface area contributed by atoms with Crippen molar-refractivity contribution >= 4 is 25.4 Å². The fourth-order valence-corrected chi connectivity index (χ4v) is 3.37. The van der Waals surface area contributed by atoms with E-state index in [1.54, 1.807) is 0 Å². The molecule has 0 aromatic heterocycles. The summed E-state index contributed by atoms with van der Waals surface area (Å²) in [6.45, 7) is 3.40. The summed E-state index contributed by atoms with van der Waals surface area (Å²) >= 11 is 0.496. The van der Waals surface area contributed by atoms with Crippen LogP contribution in [0.1, 0.15) is 20.3 Å². The molecular formula is C12H16O2Se. The molecular weight excluding hydrogens is 255 g/mol. The third kappa shape index (κ3) is 5.60. The number of carbonyl (C=O) groups excluding carboxylic acids is 1. The zero-order chi connectivity index (χ0) is 11.1. The van der Waals surface area contributed by atoms with Crippen LogP contribution in [-0.4, -0.2) is 27.0 Å². The van der Waals surface area contributed by atoms with Crippen molar-refractivity contribution in [2.45, 2.75) is 31.7 Å². The molecule has 0 fully saturated rings. The van der Waals surface area contributed by atoms with Gasteiger partial charge in [0.25, 0.3) is 0 Å². The van der Waals surface area contributed by atoms with E-state index in [-0.39, 0.29) is 12.1 Å². The average Bonchev–Trinajstić information content (AvgIpc) is 2.18. The van der Waals surface area contributed by atoms with Crippen molar-refractivity contribution < 1.29 is 9.53 Å². The normalized spacial score (nSPS) is 12.1. The molecule has 0 amide bonds. The van der Waals surface area contributed by atoms with Gasteiger partial charge in [-0.05, 0) is 0 Å². The third-order valence-electron chi connectivity index (χ3n) is 1.90. The predicted molar refractivity (Wildman–Crippen MR) is 62.5 cm³/mol. The van der Waals surface area contributed by atoms with E-state index < -0.39 is 0 Å². The van der Waals surface area contributed by atoms with Gasteiger partial charge in [-0.3, -0.25) is 0 Å². The van der Waals surface area contributed by atoms with E-state index in [4.69, 9.17) is 4.74 Å². The van der Waals surface area contributed by atoms with Crippen LogP contribution >= 0.6 is 0 Å². The van der Waals surface area contributed by atoms with Crippen molar-refractivity contribution in [2.75, 3.05) is 0 Å². The Bertz CT molecular complexity index is 298. The number of esters is 1. The standard InChI is InChI=1S/C12H16O2Se/c1-10(14-11(2)13)8-9-15-12-6-4-3-5-7-12/h3-7,10H,8-9H2,1-2H3/t10-/m1/s1. The van der Waals surface area contributed by atoms with Crippen molar-refractivity contribution in [3.05, 3.63) is 30.3 Å². The Morgan fingerprint density at radius 3 is 2.67 bits per heavy atom. The van der Waals surface area contributed by atoms with Crippen LogP contribution in [0.15, 0.2) is 30.3 Å². The molecule has 0 heterocycles. The quantitative estimate of drug-likeness (QED) is 0.602. The Kier molecular flexibility index (Phi) is 5.44. The van der Waals surface area contributed by atoms with Crippen LogP contribution in [0.4, 0.5) is 0 Å². The number of hydrogen-bond acceptors (Lipinski definition) is 2. The molecule has 0 aliphatic heterocycles. The molecule has 1 aromatic carbocycles. The van der Waals surface area contributed by atoms with Crippen LogP contribution in [0.5, 0.6) is 0 Å². The molecule has 0 unspecified atom stereocenters. The van der Waals surface area contributed by atoms with Crippen molar-refractivity contribution in [2.24, 2.45) is 0 Å². The van der Waals surface area contributed by atoms with Gasteiger partial charge in [-0.15, -0.1) is 0 Å². The number of carbonyl (C=O) groups is 1. The van der Waals surface area contributed by atoms with Crippen LogP contribution in [0, 0.1) is 0 Å². The molecule has 2 nitrogen and oxygen atoms in total. The summed E-state index contributed by atoms with van der Waals surface area (Å²) in [6.07, 6.45) is 1.00. The minimum atomic E-state index is -0.185. The van der Waals surface area contributed by atoms with Crippen LogP contribution in [0.25, 0.3) is 0 Å². The van der Waals surface area contributed by atoms with Crippen molar-refractivity contribution in [3.8, 4) is 0 Å². The Balaban J connectivity index is 2.19. The van der Waals surface area contributed by atoms with Gasteiger partial charge in [-0.25, -0.2) is 0 Å². The van der Waals surface area contributed by atoms with E-state index in [0.717, 1.165) is 11.7 Å². The Labute approximate surface area is 97.2 Å². The SMILES string of the molecule is CC(=O)O[C@H](C)CC[Se]c1ccccc1. The molecule has 0 N–H and O–H groups in total. The summed E-state index contributed by atoms with van der Waals surface area (Å²) in [5.41, 5.74) is 0. The molecule has 15 heavy (non-hydrogen) atoms. The minimum absolute atomic E-state index is 0.0492. The topological polar surface area (TPSA) is 26.3 Å². The number of benzene rings is 1. The second-order valence-corrected chi connectivity index (χ2v) is 5.82. The summed E-state index contributed by atoms with van der Waals surface area (Å²) in [7, 11) is 0. The average molecular weight is 271 g/mol. The zero-order valence-electron chi connectivity index (χ0n) is 9.10. The van der Waals surface area contributed by atoms with Crippen molar-refractivity contribution in [1.29, 1.82) is 0 Å². The van der Waals surface area contributed by atoms with E-state index in [0.29, 0.717) is 15.0 Å². The summed E-state index contributed by atoms with van der Waals surface area (Å²) in [5.74, 6) is -0.185. The molecule has 0 bridgehead atoms. The van der Waals surface area contributed by atoms with Crippen LogP contribution in [0.2, 0.25) is 5.32 Å². The summed E-state index contributed by atoms with van der Waals surface area (Å²) in [4.78, 5) is 10.7. The summed E-state index contributed by atoms with van der Waals surface area (Å²) < 4.78 is 6.46. The number of hydrogen-bond donors (Lipinski definition) is 0. The van der Waals surface area contributed by atoms with Crippen LogP contribution in [0.3, 0.4) is 0 Å². The first-order chi connectivity index (χ1) is 7.18. The molecule has 0 radical (unpaired) electrons. The van der Waals surface area contributed by atoms with Gasteiger partial charge in [0.05, 0.1) is 0 Å². The molecule has 1 rings (SSSR count). The van der Waals surface area contributed by atoms with Gasteiger partial charge in [0.15, 0.2) is 0 Å². The fourth-order valence-electron chi connectivity index (χ4n) is 1.20. The molecule has 1 atom stereocenters. The Morgan fingerprint density at radius 2 is 2.07 bits per heavy atom. The first-order valence-electron chi connectivity index (χ1n) is 5.03. The van der Waals surface area contributed by atoms with E-state index in [1.165, 1.54) is 11.4 Å². The van der Waals surface area contributed by atoms with Gasteiger partial charge < -0.3 is 0 Å². The maximum absolute atomic E-state index is 10.7. The maximum atomic E-state index is 10.7. The second kappa shape index (κ2) is 6.65. The van der Waals surface area contributed by atoms with E-state index in [1.807, 2.05) is 13.0 Å². The monoisotopic (exact) mass is 272 g/mol. The summed E-state index contributed by atoms with van der Waals surface area (Å²) in [5, 5.41) is 1.12. The van der Waals surface area contributed by atoms with Crippen molar-refractivity contribution in [1.82, 2.24) is 0 Å². The molecule has 3 heteroatoms. The second-order valence-electron chi connectivity index (χ2n) is 3.37. The van der Waals surface area contributed by atoms with Gasteiger partial charge in [-0.1, -0.05) is 0 Å². The predicted octanol–water partition coefficient (Wildman–Crippen LogP) is 1.78. The van der Waals surface area contributed by atoms with E-state index in [2.05, 4.69) is 24.3 Å². The molecule has 1 aromatic rings. The van der Waals surface area contributed by atoms with Gasteiger partial charge in [-0.2, -0.15) is 0 Å². The first-order valence-corrected chi connectivity index (χ1v) is 7.10. The van der Waals surface area contributed by atoms with Gasteiger partial charge in [0.2, 0.25) is 0 Å². The van der Waals surface area contributed by atoms with E-state index in [9.17, 15) is 4.79 Å². The molecule has 0 aliphatic carbocycles. The summed E-state index contributed by atoms with van der Waals surface area (Å²) in [6, 6.07) is 10.5. The zero-order valence-corrected chi connectivity index (χ0v) is 10.8. The van der Waals surface area contributed by atoms with Crippen LogP contribution in [-0.2, 0) is 9.53 Å². The van der Waals surface area contributed by atoms with Gasteiger partial charge >= 0.3 is 96.9 Å². The van der Waals surface area contributed by atoms with Crippen LogP contribution < -0.4 is 4.46 Å². The molecule has 82 valence electrons. The van der Waals surface area contributed by atoms with E-state index >= 15 is 0 Å². The molecule has 0 saturated carbocycles. The molecule has 0 saturated heterocycles. The Hall–Kier alpha value is -0.791. The number of rotatable bonds is 5. The first kappa shape index (κ1) is 12.3. The van der Waals surface area contributed by atoms with Gasteiger partial charge in [0, 0.05) is 0 Å². The molecule has 0 spiro atoms. The fraction of sp³-hybridized carbons (Fsp3) is 0.417. The number of ether oxygens (including phenoxy) is 1. The van der Waals surface area contributed by atoms with Gasteiger partial charge in [0.1, 0.15) is 0 Å². The third-order valence-corrected chi connectivity index (χ3v) is 4.10.